The number of likely N-dealkylation sites (tertiary alicyclic amines) is 1. The molecule has 0 N–H and O–H groups in total. The monoisotopic (exact) mass is 320 g/mol. The van der Waals surface area contributed by atoms with Gasteiger partial charge in [0.2, 0.25) is 5.91 Å². The molecule has 0 radical (unpaired) electrons. The van der Waals surface area contributed by atoms with Crippen LogP contribution in [-0.4, -0.2) is 47.2 Å². The van der Waals surface area contributed by atoms with Gasteiger partial charge >= 0.3 is 0 Å². The third-order valence-electron chi connectivity index (χ3n) is 5.01. The molecule has 0 saturated carbocycles. The minimum absolute atomic E-state index is 0.223. The second kappa shape index (κ2) is 8.27. The van der Waals surface area contributed by atoms with Gasteiger partial charge in [0.25, 0.3) is 11.8 Å². The zero-order valence-electron chi connectivity index (χ0n) is 14.3. The summed E-state index contributed by atoms with van der Waals surface area (Å²) in [5.41, 5.74) is 0. The standard InChI is InChI=1S/C18H28N2O3/c1-14(2)15-9-12-19(13-10-15)16(21)6-4-3-5-11-20-17(22)7-8-18(20)23/h7-8,14-15H,3-6,9-13H2,1-2H3. The Bertz CT molecular complexity index is 459. The molecule has 0 unspecified atom stereocenters. The van der Waals surface area contributed by atoms with E-state index in [1.165, 1.54) is 17.1 Å². The number of carbonyl (C=O) groups excluding carboxylic acids is 3. The lowest BCUT2D eigenvalue weighted by atomic mass is 9.86. The minimum atomic E-state index is -0.223. The van der Waals surface area contributed by atoms with Gasteiger partial charge in [-0.15, -0.1) is 0 Å². The summed E-state index contributed by atoms with van der Waals surface area (Å²) < 4.78 is 0. The fourth-order valence-corrected chi connectivity index (χ4v) is 3.35. The molecule has 0 aromatic rings. The molecule has 2 aliphatic heterocycles. The van der Waals surface area contributed by atoms with E-state index in [0.717, 1.165) is 51.1 Å². The molecule has 2 heterocycles. The van der Waals surface area contributed by atoms with Crippen LogP contribution in [-0.2, 0) is 14.4 Å². The molecular weight excluding hydrogens is 292 g/mol. The Hall–Kier alpha value is -1.65. The maximum Gasteiger partial charge on any atom is 0.253 e. The molecule has 1 saturated heterocycles. The van der Waals surface area contributed by atoms with Crippen LogP contribution in [0.15, 0.2) is 12.2 Å². The quantitative estimate of drug-likeness (QED) is 0.534. The van der Waals surface area contributed by atoms with Crippen molar-refractivity contribution in [2.24, 2.45) is 11.8 Å². The Morgan fingerprint density at radius 1 is 1.09 bits per heavy atom. The van der Waals surface area contributed by atoms with Crippen molar-refractivity contribution < 1.29 is 14.4 Å². The van der Waals surface area contributed by atoms with E-state index in [1.807, 2.05) is 4.90 Å². The first-order valence-corrected chi connectivity index (χ1v) is 8.80. The number of unbranched alkanes of at least 4 members (excludes halogenated alkanes) is 2. The van der Waals surface area contributed by atoms with Crippen LogP contribution in [0.5, 0.6) is 0 Å². The minimum Gasteiger partial charge on any atom is -0.343 e. The maximum atomic E-state index is 12.2. The van der Waals surface area contributed by atoms with Gasteiger partial charge in [0, 0.05) is 38.2 Å². The van der Waals surface area contributed by atoms with Crippen LogP contribution >= 0.6 is 0 Å². The fourth-order valence-electron chi connectivity index (χ4n) is 3.35. The van der Waals surface area contributed by atoms with Gasteiger partial charge in [0.1, 0.15) is 0 Å². The second-order valence-electron chi connectivity index (χ2n) is 6.93. The van der Waals surface area contributed by atoms with Crippen LogP contribution in [0.2, 0.25) is 0 Å². The average molecular weight is 320 g/mol. The largest absolute Gasteiger partial charge is 0.343 e. The van der Waals surface area contributed by atoms with E-state index in [-0.39, 0.29) is 17.7 Å². The van der Waals surface area contributed by atoms with Crippen LogP contribution in [0, 0.1) is 11.8 Å². The van der Waals surface area contributed by atoms with E-state index in [1.54, 1.807) is 0 Å². The Kier molecular flexibility index (Phi) is 6.37. The summed E-state index contributed by atoms with van der Waals surface area (Å²) in [4.78, 5) is 38.2. The highest BCUT2D eigenvalue weighted by Crippen LogP contribution is 2.24. The SMILES string of the molecule is CC(C)C1CCN(C(=O)CCCCCN2C(=O)C=CC2=O)CC1. The van der Waals surface area contributed by atoms with E-state index >= 15 is 0 Å². The highest BCUT2D eigenvalue weighted by Gasteiger charge is 2.24. The molecule has 0 aromatic heterocycles. The predicted octanol–water partition coefficient (Wildman–Crippen LogP) is 2.37. The molecule has 128 valence electrons. The van der Waals surface area contributed by atoms with E-state index in [9.17, 15) is 14.4 Å². The second-order valence-corrected chi connectivity index (χ2v) is 6.93. The molecule has 0 bridgehead atoms. The molecule has 23 heavy (non-hydrogen) atoms. The number of rotatable bonds is 7. The van der Waals surface area contributed by atoms with Crippen molar-refractivity contribution >= 4 is 17.7 Å². The summed E-state index contributed by atoms with van der Waals surface area (Å²) in [6.45, 7) is 6.76. The number of piperidine rings is 1. The van der Waals surface area contributed by atoms with Crippen molar-refractivity contribution in [2.45, 2.75) is 52.4 Å². The van der Waals surface area contributed by atoms with Crippen LogP contribution in [0.4, 0.5) is 0 Å². The topological polar surface area (TPSA) is 57.7 Å². The fraction of sp³-hybridized carbons (Fsp3) is 0.722. The molecule has 0 aromatic carbocycles. The van der Waals surface area contributed by atoms with Gasteiger partial charge in [-0.2, -0.15) is 0 Å². The number of hydrogen-bond acceptors (Lipinski definition) is 3. The Balaban J connectivity index is 1.57. The molecule has 5 heteroatoms. The van der Waals surface area contributed by atoms with Crippen molar-refractivity contribution in [1.82, 2.24) is 9.80 Å². The molecule has 0 spiro atoms. The normalized spacial score (nSPS) is 19.3. The van der Waals surface area contributed by atoms with Crippen molar-refractivity contribution in [1.29, 1.82) is 0 Å². The van der Waals surface area contributed by atoms with Crippen LogP contribution < -0.4 is 0 Å². The molecule has 1 fully saturated rings. The van der Waals surface area contributed by atoms with Crippen LogP contribution in [0.1, 0.15) is 52.4 Å². The first kappa shape index (κ1) is 17.7. The van der Waals surface area contributed by atoms with E-state index < -0.39 is 0 Å². The first-order valence-electron chi connectivity index (χ1n) is 8.80. The van der Waals surface area contributed by atoms with E-state index in [4.69, 9.17) is 0 Å². The summed E-state index contributed by atoms with van der Waals surface area (Å²) in [6, 6.07) is 0. The van der Waals surface area contributed by atoms with E-state index in [0.29, 0.717) is 18.9 Å². The summed E-state index contributed by atoms with van der Waals surface area (Å²) in [7, 11) is 0. The van der Waals surface area contributed by atoms with Gasteiger partial charge < -0.3 is 4.90 Å². The highest BCUT2D eigenvalue weighted by atomic mass is 16.2. The summed E-state index contributed by atoms with van der Waals surface area (Å²) in [6.07, 6.45) is 7.90. The van der Waals surface area contributed by atoms with Gasteiger partial charge in [-0.1, -0.05) is 20.3 Å². The van der Waals surface area contributed by atoms with Crippen LogP contribution in [0.25, 0.3) is 0 Å². The van der Waals surface area contributed by atoms with E-state index in [2.05, 4.69) is 13.8 Å². The number of nitrogens with zero attached hydrogens (tertiary/aromatic N) is 2. The van der Waals surface area contributed by atoms with Gasteiger partial charge in [0.05, 0.1) is 0 Å². The molecule has 5 nitrogen and oxygen atoms in total. The van der Waals surface area contributed by atoms with Crippen molar-refractivity contribution in [3.8, 4) is 0 Å². The first-order chi connectivity index (χ1) is 11.0. The van der Waals surface area contributed by atoms with Crippen molar-refractivity contribution in [3.63, 3.8) is 0 Å². The Morgan fingerprint density at radius 3 is 2.26 bits per heavy atom. The smallest absolute Gasteiger partial charge is 0.253 e. The summed E-state index contributed by atoms with van der Waals surface area (Å²) in [5.74, 6) is 1.27. The van der Waals surface area contributed by atoms with Gasteiger partial charge in [-0.05, 0) is 37.5 Å². The van der Waals surface area contributed by atoms with Crippen molar-refractivity contribution in [2.75, 3.05) is 19.6 Å². The molecule has 2 rings (SSSR count). The number of hydrogen-bond donors (Lipinski definition) is 0. The lowest BCUT2D eigenvalue weighted by Crippen LogP contribution is -2.39. The number of amides is 3. The third-order valence-corrected chi connectivity index (χ3v) is 5.01. The summed E-state index contributed by atoms with van der Waals surface area (Å²) >= 11 is 0. The highest BCUT2D eigenvalue weighted by molar-refractivity contribution is 6.12. The molecular formula is C18H28N2O3. The van der Waals surface area contributed by atoms with Crippen LogP contribution in [0.3, 0.4) is 0 Å². The molecule has 0 aliphatic carbocycles. The Labute approximate surface area is 138 Å². The molecule has 0 atom stereocenters. The summed E-state index contributed by atoms with van der Waals surface area (Å²) in [5, 5.41) is 0. The zero-order valence-corrected chi connectivity index (χ0v) is 14.3. The van der Waals surface area contributed by atoms with Crippen molar-refractivity contribution in [3.05, 3.63) is 12.2 Å². The molecule has 2 aliphatic rings. The lowest BCUT2D eigenvalue weighted by molar-refractivity contribution is -0.137. The zero-order chi connectivity index (χ0) is 16.8. The Morgan fingerprint density at radius 2 is 1.70 bits per heavy atom. The maximum absolute atomic E-state index is 12.2. The van der Waals surface area contributed by atoms with Gasteiger partial charge in [0.15, 0.2) is 0 Å². The lowest BCUT2D eigenvalue weighted by Gasteiger charge is -2.34. The van der Waals surface area contributed by atoms with Gasteiger partial charge in [-0.25, -0.2) is 0 Å². The number of carbonyl (C=O) groups is 3. The predicted molar refractivity (Wildman–Crippen MR) is 88.5 cm³/mol. The average Bonchev–Trinajstić information content (AvgIpc) is 2.86. The third kappa shape index (κ3) is 4.91. The van der Waals surface area contributed by atoms with Gasteiger partial charge in [-0.3, -0.25) is 19.3 Å². The molecule has 3 amide bonds. The number of imide groups is 1.